The van der Waals surface area contributed by atoms with E-state index in [4.69, 9.17) is 0 Å². The second-order valence-electron chi connectivity index (χ2n) is 4.27. The van der Waals surface area contributed by atoms with Gasteiger partial charge in [0.15, 0.2) is 0 Å². The summed E-state index contributed by atoms with van der Waals surface area (Å²) in [7, 11) is 0. The van der Waals surface area contributed by atoms with Crippen molar-refractivity contribution in [1.29, 1.82) is 0 Å². The molecule has 0 aliphatic heterocycles. The van der Waals surface area contributed by atoms with Gasteiger partial charge >= 0.3 is 0 Å². The molecule has 0 aliphatic rings. The molecule has 0 aromatic carbocycles. The second kappa shape index (κ2) is 5.71. The Kier molecular flexibility index (Phi) is 4.24. The third-order valence-corrected chi connectivity index (χ3v) is 4.59. The van der Waals surface area contributed by atoms with Crippen molar-refractivity contribution in [3.63, 3.8) is 0 Å². The van der Waals surface area contributed by atoms with Gasteiger partial charge in [0.05, 0.1) is 6.54 Å². The monoisotopic (exact) mass is 326 g/mol. The predicted molar refractivity (Wildman–Crippen MR) is 78.0 cm³/mol. The maximum atomic E-state index is 12.1. The molecule has 0 unspecified atom stereocenters. The number of carbonyl (C=O) groups is 1. The molecule has 0 bridgehead atoms. The molecule has 1 amide bonds. The van der Waals surface area contributed by atoms with Gasteiger partial charge < -0.3 is 9.88 Å². The summed E-state index contributed by atoms with van der Waals surface area (Å²) in [6.07, 6.45) is 1.93. The number of nitrogens with one attached hydrogen (secondary N) is 1. The van der Waals surface area contributed by atoms with Gasteiger partial charge in [0.25, 0.3) is 5.91 Å². The molecule has 0 aliphatic carbocycles. The molecular weight excluding hydrogens is 312 g/mol. The zero-order valence-corrected chi connectivity index (χ0v) is 12.7. The van der Waals surface area contributed by atoms with E-state index in [0.29, 0.717) is 12.2 Å². The van der Waals surface area contributed by atoms with Gasteiger partial charge in [-0.1, -0.05) is 0 Å². The molecule has 18 heavy (non-hydrogen) atoms. The first kappa shape index (κ1) is 13.4. The van der Waals surface area contributed by atoms with E-state index in [2.05, 4.69) is 35.1 Å². The van der Waals surface area contributed by atoms with Crippen LogP contribution >= 0.6 is 27.3 Å². The summed E-state index contributed by atoms with van der Waals surface area (Å²) in [5.41, 5.74) is 0.706. The highest BCUT2D eigenvalue weighted by molar-refractivity contribution is 9.10. The fourth-order valence-electron chi connectivity index (χ4n) is 1.74. The van der Waals surface area contributed by atoms with Crippen LogP contribution in [-0.4, -0.2) is 10.5 Å². The van der Waals surface area contributed by atoms with Crippen molar-refractivity contribution in [3.8, 4) is 0 Å². The fourth-order valence-corrected chi connectivity index (χ4v) is 3.17. The molecule has 5 heteroatoms. The largest absolute Gasteiger partial charge is 0.346 e. The summed E-state index contributed by atoms with van der Waals surface area (Å²) in [4.78, 5) is 13.2. The van der Waals surface area contributed by atoms with Gasteiger partial charge in [0, 0.05) is 21.6 Å². The topological polar surface area (TPSA) is 34.0 Å². The number of halogens is 1. The van der Waals surface area contributed by atoms with E-state index in [-0.39, 0.29) is 11.9 Å². The first-order valence-corrected chi connectivity index (χ1v) is 7.43. The summed E-state index contributed by atoms with van der Waals surface area (Å²) in [5.74, 6) is -0.0333. The number of thiophene rings is 1. The van der Waals surface area contributed by atoms with Crippen molar-refractivity contribution in [2.45, 2.75) is 26.4 Å². The molecule has 0 saturated carbocycles. The Morgan fingerprint density at radius 3 is 2.89 bits per heavy atom. The van der Waals surface area contributed by atoms with Crippen LogP contribution in [0.4, 0.5) is 0 Å². The summed E-state index contributed by atoms with van der Waals surface area (Å²) in [6, 6.07) is 6.02. The molecule has 0 fully saturated rings. The highest BCUT2D eigenvalue weighted by atomic mass is 79.9. The number of hydrogen-bond acceptors (Lipinski definition) is 2. The highest BCUT2D eigenvalue weighted by Gasteiger charge is 2.12. The summed E-state index contributed by atoms with van der Waals surface area (Å²) < 4.78 is 3.02. The number of amides is 1. The lowest BCUT2D eigenvalue weighted by Crippen LogP contribution is -2.25. The summed E-state index contributed by atoms with van der Waals surface area (Å²) in [6.45, 7) is 4.68. The zero-order chi connectivity index (χ0) is 13.1. The molecule has 2 aromatic rings. The maximum absolute atomic E-state index is 12.1. The zero-order valence-electron chi connectivity index (χ0n) is 10.3. The molecule has 2 rings (SSSR count). The van der Waals surface area contributed by atoms with Crippen LogP contribution in [-0.2, 0) is 6.54 Å². The van der Waals surface area contributed by atoms with Crippen molar-refractivity contribution >= 4 is 33.2 Å². The molecule has 0 atom stereocenters. The Balaban J connectivity index is 2.04. The maximum Gasteiger partial charge on any atom is 0.268 e. The Morgan fingerprint density at radius 2 is 2.28 bits per heavy atom. The average molecular weight is 327 g/mol. The third kappa shape index (κ3) is 2.84. The molecule has 3 nitrogen and oxygen atoms in total. The van der Waals surface area contributed by atoms with Crippen LogP contribution in [0.1, 0.15) is 35.3 Å². The van der Waals surface area contributed by atoms with E-state index in [1.54, 1.807) is 11.3 Å². The van der Waals surface area contributed by atoms with E-state index in [1.807, 2.05) is 34.3 Å². The van der Waals surface area contributed by atoms with E-state index < -0.39 is 0 Å². The quantitative estimate of drug-likeness (QED) is 0.910. The lowest BCUT2D eigenvalue weighted by Gasteiger charge is -2.12. The minimum atomic E-state index is -0.0333. The predicted octanol–water partition coefficient (Wildman–Crippen LogP) is 3.82. The van der Waals surface area contributed by atoms with Crippen LogP contribution in [0.15, 0.2) is 34.2 Å². The Bertz CT molecular complexity index is 545. The number of nitrogens with zero attached hydrogens (tertiary/aromatic N) is 1. The molecule has 2 aromatic heterocycles. The van der Waals surface area contributed by atoms with Gasteiger partial charge in [-0.3, -0.25) is 4.79 Å². The number of hydrogen-bond donors (Lipinski definition) is 1. The van der Waals surface area contributed by atoms with Crippen molar-refractivity contribution in [2.75, 3.05) is 0 Å². The molecule has 2 heterocycles. The lowest BCUT2D eigenvalue weighted by molar-refractivity contribution is 0.0940. The van der Waals surface area contributed by atoms with Gasteiger partial charge in [0.1, 0.15) is 5.69 Å². The number of carbonyl (C=O) groups excluding carboxylic acids is 1. The molecule has 96 valence electrons. The van der Waals surface area contributed by atoms with Gasteiger partial charge in [0.2, 0.25) is 0 Å². The van der Waals surface area contributed by atoms with Crippen LogP contribution < -0.4 is 5.32 Å². The molecular formula is C13H15BrN2OS. The third-order valence-electron chi connectivity index (χ3n) is 2.67. The first-order valence-electron chi connectivity index (χ1n) is 5.76. The number of rotatable bonds is 4. The van der Waals surface area contributed by atoms with Crippen molar-refractivity contribution < 1.29 is 4.79 Å². The Labute approximate surface area is 119 Å². The van der Waals surface area contributed by atoms with E-state index in [9.17, 15) is 4.79 Å². The van der Waals surface area contributed by atoms with Crippen molar-refractivity contribution in [1.82, 2.24) is 9.88 Å². The SMILES string of the molecule is CC(C)n1cccc1C(=O)NCc1sccc1Br. The molecule has 0 spiro atoms. The second-order valence-corrected chi connectivity index (χ2v) is 6.12. The smallest absolute Gasteiger partial charge is 0.268 e. The molecule has 0 radical (unpaired) electrons. The molecule has 0 saturated heterocycles. The minimum Gasteiger partial charge on any atom is -0.346 e. The van der Waals surface area contributed by atoms with Crippen LogP contribution in [0.3, 0.4) is 0 Å². The first-order chi connectivity index (χ1) is 8.59. The average Bonchev–Trinajstić information content (AvgIpc) is 2.94. The fraction of sp³-hybridized carbons (Fsp3) is 0.308. The van der Waals surface area contributed by atoms with E-state index in [0.717, 1.165) is 9.35 Å². The molecule has 1 N–H and O–H groups in total. The summed E-state index contributed by atoms with van der Waals surface area (Å²) in [5, 5.41) is 4.95. The normalized spacial score (nSPS) is 10.9. The van der Waals surface area contributed by atoms with Crippen LogP contribution in [0.5, 0.6) is 0 Å². The Morgan fingerprint density at radius 1 is 1.50 bits per heavy atom. The summed E-state index contributed by atoms with van der Waals surface area (Å²) >= 11 is 5.09. The van der Waals surface area contributed by atoms with Crippen LogP contribution in [0.2, 0.25) is 0 Å². The Hall–Kier alpha value is -1.07. The lowest BCUT2D eigenvalue weighted by atomic mass is 10.3. The van der Waals surface area contributed by atoms with Crippen molar-refractivity contribution in [3.05, 3.63) is 44.8 Å². The highest BCUT2D eigenvalue weighted by Crippen LogP contribution is 2.22. The van der Waals surface area contributed by atoms with Gasteiger partial charge in [-0.05, 0) is 53.4 Å². The van der Waals surface area contributed by atoms with Gasteiger partial charge in [-0.15, -0.1) is 11.3 Å². The van der Waals surface area contributed by atoms with Crippen molar-refractivity contribution in [2.24, 2.45) is 0 Å². The van der Waals surface area contributed by atoms with Crippen LogP contribution in [0.25, 0.3) is 0 Å². The number of aromatic nitrogens is 1. The standard InChI is InChI=1S/C13H15BrN2OS/c1-9(2)16-6-3-4-11(16)13(17)15-8-12-10(14)5-7-18-12/h3-7,9H,8H2,1-2H3,(H,15,17). The van der Waals surface area contributed by atoms with Gasteiger partial charge in [-0.2, -0.15) is 0 Å². The minimum absolute atomic E-state index is 0.0333. The van der Waals surface area contributed by atoms with E-state index >= 15 is 0 Å². The van der Waals surface area contributed by atoms with Crippen LogP contribution in [0, 0.1) is 0 Å². The van der Waals surface area contributed by atoms with Gasteiger partial charge in [-0.25, -0.2) is 0 Å². The van der Waals surface area contributed by atoms with E-state index in [1.165, 1.54) is 0 Å².